The van der Waals surface area contributed by atoms with Gasteiger partial charge in [-0.15, -0.1) is 0 Å². The van der Waals surface area contributed by atoms with E-state index in [0.29, 0.717) is 29.2 Å². The maximum Gasteiger partial charge on any atom is 0.389 e. The zero-order valence-electron chi connectivity index (χ0n) is 9.52. The number of hydrogen-bond donors (Lipinski definition) is 1. The van der Waals surface area contributed by atoms with E-state index in [1.54, 1.807) is 18.2 Å². The van der Waals surface area contributed by atoms with Crippen molar-refractivity contribution in [1.29, 1.82) is 5.26 Å². The van der Waals surface area contributed by atoms with Gasteiger partial charge in [0.25, 0.3) is 0 Å². The summed E-state index contributed by atoms with van der Waals surface area (Å²) in [6, 6.07) is 6.90. The monoisotopic (exact) mass is 276 g/mol. The third-order valence-electron chi connectivity index (χ3n) is 2.33. The van der Waals surface area contributed by atoms with E-state index in [1.165, 1.54) is 0 Å². The van der Waals surface area contributed by atoms with Gasteiger partial charge in [-0.05, 0) is 25.0 Å². The van der Waals surface area contributed by atoms with Crippen molar-refractivity contribution < 1.29 is 13.2 Å². The maximum atomic E-state index is 11.9. The third kappa shape index (κ3) is 4.84. The molecule has 1 aromatic rings. The molecule has 18 heavy (non-hydrogen) atoms. The average Bonchev–Trinajstić information content (AvgIpc) is 2.27. The summed E-state index contributed by atoms with van der Waals surface area (Å²) in [4.78, 5) is 0. The molecule has 1 aromatic carbocycles. The van der Waals surface area contributed by atoms with Crippen LogP contribution in [-0.2, 0) is 0 Å². The Kier molecular flexibility index (Phi) is 5.29. The van der Waals surface area contributed by atoms with Crippen molar-refractivity contribution in [2.45, 2.75) is 25.4 Å². The van der Waals surface area contributed by atoms with E-state index >= 15 is 0 Å². The molecule has 0 radical (unpaired) electrons. The number of nitriles is 1. The second-order valence-electron chi connectivity index (χ2n) is 3.77. The summed E-state index contributed by atoms with van der Waals surface area (Å²) in [6.45, 7) is 0.380. The lowest BCUT2D eigenvalue weighted by Gasteiger charge is -2.09. The van der Waals surface area contributed by atoms with Gasteiger partial charge < -0.3 is 5.32 Å². The lowest BCUT2D eigenvalue weighted by Crippen LogP contribution is -2.09. The number of alkyl halides is 3. The highest BCUT2D eigenvalue weighted by Crippen LogP contribution is 2.24. The van der Waals surface area contributed by atoms with Crippen molar-refractivity contribution in [1.82, 2.24) is 0 Å². The highest BCUT2D eigenvalue weighted by molar-refractivity contribution is 6.32. The van der Waals surface area contributed by atoms with Gasteiger partial charge in [-0.1, -0.05) is 17.7 Å². The first-order chi connectivity index (χ1) is 8.44. The minimum absolute atomic E-state index is 0.0684. The quantitative estimate of drug-likeness (QED) is 0.811. The van der Waals surface area contributed by atoms with Crippen LogP contribution < -0.4 is 5.32 Å². The van der Waals surface area contributed by atoms with Gasteiger partial charge in [0, 0.05) is 13.0 Å². The van der Waals surface area contributed by atoms with E-state index in [2.05, 4.69) is 5.32 Å². The van der Waals surface area contributed by atoms with Crippen molar-refractivity contribution in [3.8, 4) is 6.07 Å². The normalized spacial score (nSPS) is 11.1. The fourth-order valence-corrected chi connectivity index (χ4v) is 1.68. The van der Waals surface area contributed by atoms with Crippen molar-refractivity contribution >= 4 is 17.3 Å². The van der Waals surface area contributed by atoms with Crippen LogP contribution in [0.25, 0.3) is 0 Å². The topological polar surface area (TPSA) is 35.8 Å². The van der Waals surface area contributed by atoms with Gasteiger partial charge >= 0.3 is 6.18 Å². The Morgan fingerprint density at radius 3 is 2.61 bits per heavy atom. The van der Waals surface area contributed by atoms with E-state index in [0.717, 1.165) is 0 Å². The molecular weight excluding hydrogens is 265 g/mol. The van der Waals surface area contributed by atoms with Crippen LogP contribution in [0.3, 0.4) is 0 Å². The Labute approximate surface area is 108 Å². The highest BCUT2D eigenvalue weighted by Gasteiger charge is 2.25. The number of halogens is 4. The largest absolute Gasteiger partial charge is 0.389 e. The number of hydrogen-bond acceptors (Lipinski definition) is 2. The molecule has 0 amide bonds. The Bertz CT molecular complexity index is 438. The predicted octanol–water partition coefficient (Wildman–Crippen LogP) is 4.36. The SMILES string of the molecule is N#Cc1c(Cl)cccc1NCCCCC(F)(F)F. The standard InChI is InChI=1S/C12H12ClF3N2/c13-10-4-3-5-11(9(10)8-17)18-7-2-1-6-12(14,15)16/h3-5,18H,1-2,6-7H2. The van der Waals surface area contributed by atoms with E-state index in [9.17, 15) is 13.2 Å². The molecule has 6 heteroatoms. The van der Waals surface area contributed by atoms with Gasteiger partial charge in [0.05, 0.1) is 16.3 Å². The van der Waals surface area contributed by atoms with Gasteiger partial charge in [0.1, 0.15) is 6.07 Å². The minimum atomic E-state index is -4.10. The van der Waals surface area contributed by atoms with E-state index < -0.39 is 12.6 Å². The molecule has 0 saturated heterocycles. The molecule has 0 saturated carbocycles. The summed E-state index contributed by atoms with van der Waals surface area (Å²) in [5.74, 6) is 0. The zero-order valence-corrected chi connectivity index (χ0v) is 10.3. The second-order valence-corrected chi connectivity index (χ2v) is 4.18. The number of unbranched alkanes of at least 4 members (excludes halogenated alkanes) is 1. The van der Waals surface area contributed by atoms with Crippen LogP contribution in [0, 0.1) is 11.3 Å². The Morgan fingerprint density at radius 1 is 1.28 bits per heavy atom. The lowest BCUT2D eigenvalue weighted by molar-refractivity contribution is -0.135. The van der Waals surface area contributed by atoms with Gasteiger partial charge in [-0.2, -0.15) is 18.4 Å². The molecule has 0 unspecified atom stereocenters. The summed E-state index contributed by atoms with van der Waals surface area (Å²) in [7, 11) is 0. The van der Waals surface area contributed by atoms with Crippen LogP contribution in [0.5, 0.6) is 0 Å². The van der Waals surface area contributed by atoms with E-state index in [4.69, 9.17) is 16.9 Å². The molecule has 0 bridgehead atoms. The number of rotatable bonds is 5. The average molecular weight is 277 g/mol. The van der Waals surface area contributed by atoms with Crippen LogP contribution in [-0.4, -0.2) is 12.7 Å². The Morgan fingerprint density at radius 2 is 2.00 bits per heavy atom. The van der Waals surface area contributed by atoms with Crippen molar-refractivity contribution in [3.63, 3.8) is 0 Å². The van der Waals surface area contributed by atoms with Crippen molar-refractivity contribution in [3.05, 3.63) is 28.8 Å². The molecule has 0 heterocycles. The summed E-state index contributed by atoms with van der Waals surface area (Å²) < 4.78 is 35.7. The first-order valence-electron chi connectivity index (χ1n) is 5.43. The third-order valence-corrected chi connectivity index (χ3v) is 2.64. The Hall–Kier alpha value is -1.41. The summed E-state index contributed by atoms with van der Waals surface area (Å²) in [5, 5.41) is 12.1. The zero-order chi connectivity index (χ0) is 13.6. The highest BCUT2D eigenvalue weighted by atomic mass is 35.5. The first kappa shape index (κ1) is 14.7. The van der Waals surface area contributed by atoms with Crippen LogP contribution in [0.15, 0.2) is 18.2 Å². The lowest BCUT2D eigenvalue weighted by atomic mass is 10.2. The number of nitrogens with zero attached hydrogens (tertiary/aromatic N) is 1. The Balaban J connectivity index is 2.41. The molecule has 0 aromatic heterocycles. The van der Waals surface area contributed by atoms with Gasteiger partial charge in [-0.25, -0.2) is 0 Å². The molecule has 98 valence electrons. The predicted molar refractivity (Wildman–Crippen MR) is 64.6 cm³/mol. The number of benzene rings is 1. The van der Waals surface area contributed by atoms with Crippen LogP contribution in [0.2, 0.25) is 5.02 Å². The summed E-state index contributed by atoms with van der Waals surface area (Å²) >= 11 is 5.82. The van der Waals surface area contributed by atoms with Crippen LogP contribution in [0.4, 0.5) is 18.9 Å². The molecule has 0 aliphatic heterocycles. The first-order valence-corrected chi connectivity index (χ1v) is 5.81. The summed E-state index contributed by atoms with van der Waals surface area (Å²) in [6.07, 6.45) is -4.43. The molecule has 1 rings (SSSR count). The molecule has 0 spiro atoms. The van der Waals surface area contributed by atoms with Crippen molar-refractivity contribution in [2.75, 3.05) is 11.9 Å². The van der Waals surface area contributed by atoms with Gasteiger partial charge in [0.2, 0.25) is 0 Å². The van der Waals surface area contributed by atoms with Crippen LogP contribution >= 0.6 is 11.6 Å². The molecule has 0 aliphatic carbocycles. The maximum absolute atomic E-state index is 11.9. The fraction of sp³-hybridized carbons (Fsp3) is 0.417. The summed E-state index contributed by atoms with van der Waals surface area (Å²) in [5.41, 5.74) is 0.868. The van der Waals surface area contributed by atoms with Crippen LogP contribution in [0.1, 0.15) is 24.8 Å². The molecule has 0 fully saturated rings. The molecule has 0 atom stereocenters. The molecule has 0 aliphatic rings. The second kappa shape index (κ2) is 6.50. The molecule has 2 nitrogen and oxygen atoms in total. The van der Waals surface area contributed by atoms with Gasteiger partial charge in [-0.3, -0.25) is 0 Å². The van der Waals surface area contributed by atoms with Crippen molar-refractivity contribution in [2.24, 2.45) is 0 Å². The van der Waals surface area contributed by atoms with Gasteiger partial charge in [0.15, 0.2) is 0 Å². The smallest absolute Gasteiger partial charge is 0.384 e. The molecule has 1 N–H and O–H groups in total. The van der Waals surface area contributed by atoms with E-state index in [1.807, 2.05) is 6.07 Å². The number of anilines is 1. The molecular formula is C12H12ClF3N2. The minimum Gasteiger partial charge on any atom is -0.384 e. The number of nitrogens with one attached hydrogen (secondary N) is 1. The fourth-order valence-electron chi connectivity index (χ4n) is 1.46. The van der Waals surface area contributed by atoms with E-state index in [-0.39, 0.29) is 6.42 Å².